The van der Waals surface area contributed by atoms with Gasteiger partial charge >= 0.3 is 0 Å². The molecule has 0 aliphatic carbocycles. The van der Waals surface area contributed by atoms with E-state index in [1.165, 1.54) is 0 Å². The van der Waals surface area contributed by atoms with Crippen molar-refractivity contribution in [3.8, 4) is 0 Å². The van der Waals surface area contributed by atoms with Gasteiger partial charge in [0.25, 0.3) is 0 Å². The molecule has 1 saturated heterocycles. The number of hydrogen-bond donors (Lipinski definition) is 1. The molecule has 1 aromatic rings. The topological polar surface area (TPSA) is 32.3 Å². The smallest absolute Gasteiger partial charge is 0.243 e. The Hall–Kier alpha value is -1.06. The summed E-state index contributed by atoms with van der Waals surface area (Å²) in [7, 11) is 0. The third-order valence-electron chi connectivity index (χ3n) is 2.54. The van der Waals surface area contributed by atoms with Crippen molar-refractivity contribution in [3.63, 3.8) is 0 Å². The molecule has 0 aromatic heterocycles. The lowest BCUT2D eigenvalue weighted by Gasteiger charge is -2.31. The summed E-state index contributed by atoms with van der Waals surface area (Å²) in [6.07, 6.45) is 0. The molecular weight excluding hydrogens is 212 g/mol. The highest BCUT2D eigenvalue weighted by Gasteiger charge is 2.25. The van der Waals surface area contributed by atoms with E-state index in [-0.39, 0.29) is 11.9 Å². The molecule has 0 bridgehead atoms. The molecule has 1 aromatic carbocycles. The van der Waals surface area contributed by atoms with Crippen molar-refractivity contribution in [2.24, 2.45) is 0 Å². The van der Waals surface area contributed by atoms with Gasteiger partial charge in [-0.15, -0.1) is 0 Å². The van der Waals surface area contributed by atoms with Crippen molar-refractivity contribution >= 4 is 23.2 Å². The van der Waals surface area contributed by atoms with E-state index < -0.39 is 0 Å². The molecule has 15 heavy (non-hydrogen) atoms. The Kier molecular flexibility index (Phi) is 2.93. The molecule has 1 amide bonds. The summed E-state index contributed by atoms with van der Waals surface area (Å²) >= 11 is 5.89. The normalized spacial score (nSPS) is 21.9. The number of benzene rings is 1. The van der Waals surface area contributed by atoms with Crippen LogP contribution < -0.4 is 10.2 Å². The number of nitrogens with zero attached hydrogens (tertiary/aromatic N) is 1. The lowest BCUT2D eigenvalue weighted by atomic mass is 10.2. The summed E-state index contributed by atoms with van der Waals surface area (Å²) in [6.45, 7) is 3.39. The third kappa shape index (κ3) is 2.13. The summed E-state index contributed by atoms with van der Waals surface area (Å²) in [6, 6.07) is 7.27. The third-order valence-corrected chi connectivity index (χ3v) is 2.78. The number of carbonyl (C=O) groups excluding carboxylic acids is 1. The monoisotopic (exact) mass is 224 g/mol. The fourth-order valence-electron chi connectivity index (χ4n) is 1.72. The molecule has 0 spiro atoms. The Labute approximate surface area is 94.0 Å². The van der Waals surface area contributed by atoms with Gasteiger partial charge in [0.05, 0.1) is 6.04 Å². The van der Waals surface area contributed by atoms with Gasteiger partial charge in [0.1, 0.15) is 0 Å². The zero-order valence-corrected chi connectivity index (χ0v) is 9.29. The number of carbonyl (C=O) groups is 1. The van der Waals surface area contributed by atoms with Crippen LogP contribution in [0.4, 0.5) is 5.69 Å². The predicted octanol–water partition coefficient (Wildman–Crippen LogP) is 1.66. The van der Waals surface area contributed by atoms with E-state index in [2.05, 4.69) is 5.32 Å². The number of amides is 1. The van der Waals surface area contributed by atoms with Gasteiger partial charge in [0.15, 0.2) is 0 Å². The van der Waals surface area contributed by atoms with Crippen LogP contribution in [0.5, 0.6) is 0 Å². The van der Waals surface area contributed by atoms with Crippen molar-refractivity contribution in [2.75, 3.05) is 18.0 Å². The zero-order chi connectivity index (χ0) is 10.8. The maximum absolute atomic E-state index is 11.9. The first-order valence-electron chi connectivity index (χ1n) is 4.99. The van der Waals surface area contributed by atoms with E-state index in [0.29, 0.717) is 11.6 Å². The molecule has 1 atom stereocenters. The van der Waals surface area contributed by atoms with Gasteiger partial charge in [-0.2, -0.15) is 0 Å². The number of hydrogen-bond acceptors (Lipinski definition) is 2. The van der Waals surface area contributed by atoms with Gasteiger partial charge in [0.2, 0.25) is 5.91 Å². The average molecular weight is 225 g/mol. The Morgan fingerprint density at radius 2 is 2.33 bits per heavy atom. The first-order valence-corrected chi connectivity index (χ1v) is 5.36. The molecule has 1 aliphatic rings. The fraction of sp³-hybridized carbons (Fsp3) is 0.364. The van der Waals surface area contributed by atoms with Gasteiger partial charge in [-0.3, -0.25) is 4.79 Å². The van der Waals surface area contributed by atoms with E-state index in [1.54, 1.807) is 11.0 Å². The molecule has 80 valence electrons. The van der Waals surface area contributed by atoms with Crippen molar-refractivity contribution in [2.45, 2.75) is 13.0 Å². The Balaban J connectivity index is 2.26. The SMILES string of the molecule is C[C@@H]1NCCN(c2cccc(Cl)c2)C1=O. The fourth-order valence-corrected chi connectivity index (χ4v) is 1.91. The number of nitrogens with one attached hydrogen (secondary N) is 1. The van der Waals surface area contributed by atoms with Crippen LogP contribution in [-0.2, 0) is 4.79 Å². The zero-order valence-electron chi connectivity index (χ0n) is 8.53. The van der Waals surface area contributed by atoms with Crippen LogP contribution in [0.15, 0.2) is 24.3 Å². The minimum Gasteiger partial charge on any atom is -0.310 e. The lowest BCUT2D eigenvalue weighted by molar-refractivity contribution is -0.121. The number of halogens is 1. The Bertz CT molecular complexity index is 381. The first-order chi connectivity index (χ1) is 7.18. The maximum atomic E-state index is 11.9. The van der Waals surface area contributed by atoms with E-state index in [1.807, 2.05) is 25.1 Å². The second kappa shape index (κ2) is 4.21. The highest BCUT2D eigenvalue weighted by Crippen LogP contribution is 2.21. The first kappa shape index (κ1) is 10.5. The van der Waals surface area contributed by atoms with Gasteiger partial charge in [-0.1, -0.05) is 17.7 Å². The second-order valence-electron chi connectivity index (χ2n) is 3.65. The molecule has 0 unspecified atom stereocenters. The summed E-state index contributed by atoms with van der Waals surface area (Å²) in [5.74, 6) is 0.100. The molecule has 2 rings (SSSR count). The van der Waals surface area contributed by atoms with E-state index in [4.69, 9.17) is 11.6 Å². The molecule has 0 saturated carbocycles. The number of piperazine rings is 1. The molecule has 0 radical (unpaired) electrons. The highest BCUT2D eigenvalue weighted by molar-refractivity contribution is 6.30. The predicted molar refractivity (Wildman–Crippen MR) is 61.3 cm³/mol. The molecule has 4 heteroatoms. The summed E-state index contributed by atoms with van der Waals surface area (Å²) in [5, 5.41) is 3.78. The van der Waals surface area contributed by atoms with Gasteiger partial charge in [0, 0.05) is 23.8 Å². The van der Waals surface area contributed by atoms with Crippen LogP contribution in [0.3, 0.4) is 0 Å². The van der Waals surface area contributed by atoms with E-state index >= 15 is 0 Å². The quantitative estimate of drug-likeness (QED) is 0.787. The molecular formula is C11H13ClN2O. The second-order valence-corrected chi connectivity index (χ2v) is 4.08. The molecule has 3 nitrogen and oxygen atoms in total. The molecule has 1 heterocycles. The van der Waals surface area contributed by atoms with Gasteiger partial charge in [-0.05, 0) is 25.1 Å². The van der Waals surface area contributed by atoms with Crippen molar-refractivity contribution in [3.05, 3.63) is 29.3 Å². The minimum absolute atomic E-state index is 0.100. The molecule has 1 aliphatic heterocycles. The van der Waals surface area contributed by atoms with Crippen LogP contribution in [0, 0.1) is 0 Å². The van der Waals surface area contributed by atoms with Gasteiger partial charge < -0.3 is 10.2 Å². The van der Waals surface area contributed by atoms with Crippen molar-refractivity contribution < 1.29 is 4.79 Å². The van der Waals surface area contributed by atoms with Crippen molar-refractivity contribution in [1.29, 1.82) is 0 Å². The minimum atomic E-state index is -0.113. The number of anilines is 1. The molecule has 1 fully saturated rings. The summed E-state index contributed by atoms with van der Waals surface area (Å²) < 4.78 is 0. The van der Waals surface area contributed by atoms with Crippen molar-refractivity contribution in [1.82, 2.24) is 5.32 Å². The Morgan fingerprint density at radius 1 is 1.53 bits per heavy atom. The standard InChI is InChI=1S/C11H13ClN2O/c1-8-11(15)14(6-5-13-8)10-4-2-3-9(12)7-10/h2-4,7-8,13H,5-6H2,1H3/t8-/m0/s1. The van der Waals surface area contributed by atoms with Crippen LogP contribution in [-0.4, -0.2) is 25.0 Å². The largest absolute Gasteiger partial charge is 0.310 e. The number of rotatable bonds is 1. The average Bonchev–Trinajstić information content (AvgIpc) is 2.22. The highest BCUT2D eigenvalue weighted by atomic mass is 35.5. The van der Waals surface area contributed by atoms with E-state index in [9.17, 15) is 4.79 Å². The van der Waals surface area contributed by atoms with Crippen LogP contribution >= 0.6 is 11.6 Å². The lowest BCUT2D eigenvalue weighted by Crippen LogP contribution is -2.53. The summed E-state index contributed by atoms with van der Waals surface area (Å²) in [5.41, 5.74) is 0.876. The Morgan fingerprint density at radius 3 is 3.07 bits per heavy atom. The van der Waals surface area contributed by atoms with Gasteiger partial charge in [-0.25, -0.2) is 0 Å². The maximum Gasteiger partial charge on any atom is 0.243 e. The van der Waals surface area contributed by atoms with Crippen LogP contribution in [0.1, 0.15) is 6.92 Å². The summed E-state index contributed by atoms with van der Waals surface area (Å²) in [4.78, 5) is 13.6. The molecule has 1 N–H and O–H groups in total. The van der Waals surface area contributed by atoms with Crippen LogP contribution in [0.25, 0.3) is 0 Å². The van der Waals surface area contributed by atoms with E-state index in [0.717, 1.165) is 12.2 Å². The van der Waals surface area contributed by atoms with Crippen LogP contribution in [0.2, 0.25) is 5.02 Å².